The molecule has 1 aliphatic heterocycles. The molecule has 1 atom stereocenters. The highest BCUT2D eigenvalue weighted by Crippen LogP contribution is 2.32. The molecule has 3 rings (SSSR count). The van der Waals surface area contributed by atoms with Gasteiger partial charge in [0.05, 0.1) is 18.3 Å². The van der Waals surface area contributed by atoms with Gasteiger partial charge in [0.15, 0.2) is 0 Å². The molecule has 1 aromatic carbocycles. The van der Waals surface area contributed by atoms with Crippen LogP contribution in [0.4, 0.5) is 11.4 Å². The minimum absolute atomic E-state index is 0.000227. The van der Waals surface area contributed by atoms with Crippen molar-refractivity contribution in [2.75, 3.05) is 23.9 Å². The van der Waals surface area contributed by atoms with Gasteiger partial charge in [-0.2, -0.15) is 0 Å². The first-order valence-electron chi connectivity index (χ1n) is 8.72. The third-order valence-electron chi connectivity index (χ3n) is 4.85. The number of benzene rings is 1. The van der Waals surface area contributed by atoms with E-state index in [0.717, 1.165) is 28.9 Å². The van der Waals surface area contributed by atoms with E-state index in [9.17, 15) is 9.90 Å². The van der Waals surface area contributed by atoms with E-state index in [0.29, 0.717) is 12.3 Å². The predicted molar refractivity (Wildman–Crippen MR) is 101 cm³/mol. The number of fused-ring (bicyclic) bond motifs is 1. The molecule has 1 amide bonds. The third-order valence-corrected chi connectivity index (χ3v) is 4.85. The number of amides is 1. The maximum absolute atomic E-state index is 11.8. The lowest BCUT2D eigenvalue weighted by Gasteiger charge is -2.26. The maximum atomic E-state index is 11.8. The van der Waals surface area contributed by atoms with Crippen molar-refractivity contribution in [3.8, 4) is 11.1 Å². The second-order valence-electron chi connectivity index (χ2n) is 6.94. The normalized spacial score (nSPS) is 15.2. The zero-order chi connectivity index (χ0) is 18.0. The average molecular weight is 339 g/mol. The van der Waals surface area contributed by atoms with Crippen LogP contribution in [0.2, 0.25) is 0 Å². The van der Waals surface area contributed by atoms with Gasteiger partial charge in [-0.25, -0.2) is 0 Å². The number of hydrogen-bond acceptors (Lipinski definition) is 4. The molecule has 0 saturated heterocycles. The molecule has 2 aromatic rings. The van der Waals surface area contributed by atoms with Gasteiger partial charge < -0.3 is 15.3 Å². The molecule has 0 bridgehead atoms. The molecule has 132 valence electrons. The summed E-state index contributed by atoms with van der Waals surface area (Å²) in [6.45, 7) is 4.24. The van der Waals surface area contributed by atoms with Crippen LogP contribution in [0.1, 0.15) is 25.8 Å². The number of anilines is 2. The topological polar surface area (TPSA) is 65.5 Å². The van der Waals surface area contributed by atoms with Crippen molar-refractivity contribution >= 4 is 17.3 Å². The standard InChI is InChI=1S/C20H25N3O2/c1-13(2)18(12-24)22-17-9-16(10-21-11-17)14-4-6-19-15(8-14)5-7-20(25)23(19)3/h4,6,8-11,13,18,22,24H,5,7,12H2,1-3H3. The van der Waals surface area contributed by atoms with Crippen LogP contribution >= 0.6 is 0 Å². The van der Waals surface area contributed by atoms with Crippen molar-refractivity contribution in [3.05, 3.63) is 42.2 Å². The fraction of sp³-hybridized carbons (Fsp3) is 0.400. The largest absolute Gasteiger partial charge is 0.394 e. The molecule has 1 unspecified atom stereocenters. The lowest BCUT2D eigenvalue weighted by atomic mass is 9.96. The average Bonchev–Trinajstić information content (AvgIpc) is 2.62. The van der Waals surface area contributed by atoms with E-state index in [-0.39, 0.29) is 18.6 Å². The van der Waals surface area contributed by atoms with E-state index in [2.05, 4.69) is 36.3 Å². The highest BCUT2D eigenvalue weighted by atomic mass is 16.3. The number of aliphatic hydroxyl groups is 1. The van der Waals surface area contributed by atoms with Crippen molar-refractivity contribution in [3.63, 3.8) is 0 Å². The SMILES string of the molecule is CC(C)C(CO)Nc1cncc(-c2ccc3c(c2)CCC(=O)N3C)c1. The van der Waals surface area contributed by atoms with E-state index in [4.69, 9.17) is 0 Å². The predicted octanol–water partition coefficient (Wildman–Crippen LogP) is 3.09. The quantitative estimate of drug-likeness (QED) is 0.878. The van der Waals surface area contributed by atoms with Crippen molar-refractivity contribution < 1.29 is 9.90 Å². The Balaban J connectivity index is 1.88. The second-order valence-corrected chi connectivity index (χ2v) is 6.94. The molecular formula is C20H25N3O2. The van der Waals surface area contributed by atoms with Gasteiger partial charge >= 0.3 is 0 Å². The number of hydrogen-bond donors (Lipinski definition) is 2. The second kappa shape index (κ2) is 7.23. The van der Waals surface area contributed by atoms with E-state index in [1.165, 1.54) is 5.56 Å². The molecule has 0 spiro atoms. The molecule has 0 aliphatic carbocycles. The fourth-order valence-electron chi connectivity index (χ4n) is 3.15. The van der Waals surface area contributed by atoms with Crippen LogP contribution in [0.5, 0.6) is 0 Å². The first-order chi connectivity index (χ1) is 12.0. The molecule has 0 saturated carbocycles. The number of aliphatic hydroxyl groups excluding tert-OH is 1. The number of aryl methyl sites for hydroxylation is 1. The van der Waals surface area contributed by atoms with Crippen LogP contribution in [0, 0.1) is 5.92 Å². The van der Waals surface area contributed by atoms with Gasteiger partial charge in [-0.05, 0) is 41.7 Å². The summed E-state index contributed by atoms with van der Waals surface area (Å²) in [6, 6.07) is 8.23. The van der Waals surface area contributed by atoms with Gasteiger partial charge in [-0.1, -0.05) is 19.9 Å². The van der Waals surface area contributed by atoms with Crippen LogP contribution in [-0.4, -0.2) is 35.7 Å². The minimum atomic E-state index is 0.000227. The van der Waals surface area contributed by atoms with Crippen LogP contribution in [0.3, 0.4) is 0 Å². The third kappa shape index (κ3) is 3.66. The highest BCUT2D eigenvalue weighted by molar-refractivity contribution is 5.96. The zero-order valence-corrected chi connectivity index (χ0v) is 15.0. The number of nitrogens with one attached hydrogen (secondary N) is 1. The number of carbonyl (C=O) groups is 1. The Hall–Kier alpha value is -2.40. The summed E-state index contributed by atoms with van der Waals surface area (Å²) in [5.41, 5.74) is 5.18. The number of nitrogens with zero attached hydrogens (tertiary/aromatic N) is 2. The van der Waals surface area contributed by atoms with Gasteiger partial charge in [-0.3, -0.25) is 9.78 Å². The first-order valence-corrected chi connectivity index (χ1v) is 8.72. The number of aromatic nitrogens is 1. The number of pyridine rings is 1. The monoisotopic (exact) mass is 339 g/mol. The van der Waals surface area contributed by atoms with Crippen molar-refractivity contribution in [2.45, 2.75) is 32.7 Å². The van der Waals surface area contributed by atoms with E-state index >= 15 is 0 Å². The van der Waals surface area contributed by atoms with Crippen LogP contribution in [0.15, 0.2) is 36.7 Å². The number of rotatable bonds is 5. The lowest BCUT2D eigenvalue weighted by molar-refractivity contribution is -0.118. The summed E-state index contributed by atoms with van der Waals surface area (Å²) in [7, 11) is 1.83. The van der Waals surface area contributed by atoms with Crippen LogP contribution in [0.25, 0.3) is 11.1 Å². The van der Waals surface area contributed by atoms with Gasteiger partial charge in [0.2, 0.25) is 5.91 Å². The van der Waals surface area contributed by atoms with Crippen molar-refractivity contribution in [2.24, 2.45) is 5.92 Å². The Bertz CT molecular complexity index is 773. The van der Waals surface area contributed by atoms with Crippen LogP contribution in [-0.2, 0) is 11.2 Å². The van der Waals surface area contributed by atoms with Gasteiger partial charge in [0, 0.05) is 37.1 Å². The Morgan fingerprint density at radius 1 is 1.20 bits per heavy atom. The molecule has 2 N–H and O–H groups in total. The Kier molecular flexibility index (Phi) is 5.04. The van der Waals surface area contributed by atoms with E-state index in [1.807, 2.05) is 25.4 Å². The Morgan fingerprint density at radius 2 is 2.00 bits per heavy atom. The van der Waals surface area contributed by atoms with E-state index < -0.39 is 0 Å². The lowest BCUT2D eigenvalue weighted by Crippen LogP contribution is -2.31. The smallest absolute Gasteiger partial charge is 0.227 e. The molecular weight excluding hydrogens is 314 g/mol. The molecule has 5 nitrogen and oxygen atoms in total. The summed E-state index contributed by atoms with van der Waals surface area (Å²) in [5, 5.41) is 12.9. The van der Waals surface area contributed by atoms with Crippen LogP contribution < -0.4 is 10.2 Å². The van der Waals surface area contributed by atoms with E-state index in [1.54, 1.807) is 11.1 Å². The summed E-state index contributed by atoms with van der Waals surface area (Å²) >= 11 is 0. The van der Waals surface area contributed by atoms with Gasteiger partial charge in [0.25, 0.3) is 0 Å². The highest BCUT2D eigenvalue weighted by Gasteiger charge is 2.21. The molecule has 1 aliphatic rings. The van der Waals surface area contributed by atoms with Crippen molar-refractivity contribution in [1.29, 1.82) is 0 Å². The summed E-state index contributed by atoms with van der Waals surface area (Å²) in [6.07, 6.45) is 4.95. The fourth-order valence-corrected chi connectivity index (χ4v) is 3.15. The molecule has 25 heavy (non-hydrogen) atoms. The Labute approximate surface area is 148 Å². The Morgan fingerprint density at radius 3 is 2.72 bits per heavy atom. The molecule has 2 heterocycles. The molecule has 1 aromatic heterocycles. The van der Waals surface area contributed by atoms with Gasteiger partial charge in [-0.15, -0.1) is 0 Å². The minimum Gasteiger partial charge on any atom is -0.394 e. The summed E-state index contributed by atoms with van der Waals surface area (Å²) < 4.78 is 0. The summed E-state index contributed by atoms with van der Waals surface area (Å²) in [4.78, 5) is 17.9. The van der Waals surface area contributed by atoms with Gasteiger partial charge in [0.1, 0.15) is 0 Å². The maximum Gasteiger partial charge on any atom is 0.227 e. The number of carbonyl (C=O) groups excluding carboxylic acids is 1. The first kappa shape index (κ1) is 17.4. The molecule has 0 radical (unpaired) electrons. The molecule has 0 fully saturated rings. The summed E-state index contributed by atoms with van der Waals surface area (Å²) in [5.74, 6) is 0.488. The zero-order valence-electron chi connectivity index (χ0n) is 15.0. The molecule has 5 heteroatoms. The van der Waals surface area contributed by atoms with Crippen molar-refractivity contribution in [1.82, 2.24) is 4.98 Å².